The first-order valence-electron chi connectivity index (χ1n) is 5.34. The standard InChI is InChI=1S/C13H16O4/c1-10(8-13(15)16)9-17-12-4-2-11(3-5-12)6-7-14/h2-5,8,14H,6-7,9H2,1H3,(H,15,16)/b10-8-. The largest absolute Gasteiger partial charge is 0.489 e. The number of carboxylic acid groups (broad SMARTS) is 1. The lowest BCUT2D eigenvalue weighted by molar-refractivity contribution is -0.131. The minimum Gasteiger partial charge on any atom is -0.489 e. The summed E-state index contributed by atoms with van der Waals surface area (Å²) in [5, 5.41) is 17.3. The van der Waals surface area contributed by atoms with E-state index in [9.17, 15) is 4.79 Å². The van der Waals surface area contributed by atoms with Gasteiger partial charge in [0.05, 0.1) is 0 Å². The highest BCUT2D eigenvalue weighted by atomic mass is 16.5. The fourth-order valence-electron chi connectivity index (χ4n) is 1.33. The molecule has 0 fully saturated rings. The average Bonchev–Trinajstić information content (AvgIpc) is 2.28. The van der Waals surface area contributed by atoms with E-state index in [1.165, 1.54) is 0 Å². The molecule has 0 bridgehead atoms. The summed E-state index contributed by atoms with van der Waals surface area (Å²) in [7, 11) is 0. The Kier molecular flexibility index (Phi) is 5.23. The molecular weight excluding hydrogens is 220 g/mol. The van der Waals surface area contributed by atoms with Gasteiger partial charge >= 0.3 is 5.97 Å². The van der Waals surface area contributed by atoms with E-state index in [1.807, 2.05) is 12.1 Å². The van der Waals surface area contributed by atoms with Crippen molar-refractivity contribution in [2.24, 2.45) is 0 Å². The van der Waals surface area contributed by atoms with E-state index >= 15 is 0 Å². The highest BCUT2D eigenvalue weighted by Gasteiger charge is 1.98. The molecule has 0 saturated carbocycles. The van der Waals surface area contributed by atoms with Crippen molar-refractivity contribution in [3.05, 3.63) is 41.5 Å². The Morgan fingerprint density at radius 2 is 2.00 bits per heavy atom. The lowest BCUT2D eigenvalue weighted by Gasteiger charge is -2.06. The Balaban J connectivity index is 2.49. The van der Waals surface area contributed by atoms with Crippen LogP contribution >= 0.6 is 0 Å². The van der Waals surface area contributed by atoms with Crippen LogP contribution in [0.15, 0.2) is 35.9 Å². The molecule has 4 nitrogen and oxygen atoms in total. The Labute approximate surface area is 100 Å². The summed E-state index contributed by atoms with van der Waals surface area (Å²) in [5.74, 6) is -0.283. The normalized spacial score (nSPS) is 11.3. The molecule has 0 aliphatic rings. The number of ether oxygens (including phenoxy) is 1. The molecule has 0 amide bonds. The third kappa shape index (κ3) is 5.17. The molecule has 2 N–H and O–H groups in total. The van der Waals surface area contributed by atoms with Crippen molar-refractivity contribution in [3.8, 4) is 5.75 Å². The van der Waals surface area contributed by atoms with E-state index in [0.717, 1.165) is 11.6 Å². The Morgan fingerprint density at radius 1 is 1.35 bits per heavy atom. The van der Waals surface area contributed by atoms with Gasteiger partial charge in [-0.25, -0.2) is 4.79 Å². The van der Waals surface area contributed by atoms with Crippen LogP contribution in [0.5, 0.6) is 5.75 Å². The molecule has 0 aromatic heterocycles. The second-order valence-corrected chi connectivity index (χ2v) is 3.74. The van der Waals surface area contributed by atoms with E-state index in [1.54, 1.807) is 19.1 Å². The summed E-state index contributed by atoms with van der Waals surface area (Å²) in [6.45, 7) is 2.08. The third-order valence-corrected chi connectivity index (χ3v) is 2.16. The molecule has 0 unspecified atom stereocenters. The molecule has 0 heterocycles. The van der Waals surface area contributed by atoms with Gasteiger partial charge in [0, 0.05) is 12.7 Å². The van der Waals surface area contributed by atoms with Crippen molar-refractivity contribution in [1.29, 1.82) is 0 Å². The van der Waals surface area contributed by atoms with Crippen LogP contribution in [0.1, 0.15) is 12.5 Å². The number of hydrogen-bond donors (Lipinski definition) is 2. The first kappa shape index (κ1) is 13.3. The monoisotopic (exact) mass is 236 g/mol. The zero-order valence-corrected chi connectivity index (χ0v) is 9.72. The molecule has 0 spiro atoms. The molecule has 1 aromatic carbocycles. The summed E-state index contributed by atoms with van der Waals surface area (Å²) in [5.41, 5.74) is 1.69. The molecule has 0 radical (unpaired) electrons. The average molecular weight is 236 g/mol. The molecule has 1 aromatic rings. The predicted molar refractivity (Wildman–Crippen MR) is 64.1 cm³/mol. The molecule has 17 heavy (non-hydrogen) atoms. The third-order valence-electron chi connectivity index (χ3n) is 2.16. The number of carboxylic acids is 1. The number of aliphatic hydroxyl groups excluding tert-OH is 1. The Hall–Kier alpha value is -1.81. The Bertz CT molecular complexity index is 392. The van der Waals surface area contributed by atoms with Gasteiger partial charge < -0.3 is 14.9 Å². The van der Waals surface area contributed by atoms with Crippen molar-refractivity contribution >= 4 is 5.97 Å². The fraction of sp³-hybridized carbons (Fsp3) is 0.308. The summed E-state index contributed by atoms with van der Waals surface area (Å²) in [6.07, 6.45) is 1.75. The molecule has 0 aliphatic heterocycles. The summed E-state index contributed by atoms with van der Waals surface area (Å²) in [6, 6.07) is 7.36. The number of hydrogen-bond acceptors (Lipinski definition) is 3. The maximum atomic E-state index is 10.4. The van der Waals surface area contributed by atoms with Gasteiger partial charge in [-0.15, -0.1) is 0 Å². The van der Waals surface area contributed by atoms with E-state index < -0.39 is 5.97 Å². The topological polar surface area (TPSA) is 66.8 Å². The van der Waals surface area contributed by atoms with Gasteiger partial charge in [-0.05, 0) is 36.6 Å². The summed E-state index contributed by atoms with van der Waals surface area (Å²) < 4.78 is 5.41. The molecule has 92 valence electrons. The maximum Gasteiger partial charge on any atom is 0.328 e. The zero-order chi connectivity index (χ0) is 12.7. The number of rotatable bonds is 6. The van der Waals surface area contributed by atoms with Gasteiger partial charge in [0.2, 0.25) is 0 Å². The number of aliphatic hydroxyl groups is 1. The minimum atomic E-state index is -0.968. The van der Waals surface area contributed by atoms with Crippen molar-refractivity contribution in [2.45, 2.75) is 13.3 Å². The molecule has 0 saturated heterocycles. The van der Waals surface area contributed by atoms with Crippen LogP contribution in [-0.4, -0.2) is 29.4 Å². The van der Waals surface area contributed by atoms with Crippen molar-refractivity contribution in [2.75, 3.05) is 13.2 Å². The first-order chi connectivity index (χ1) is 8.11. The van der Waals surface area contributed by atoms with E-state index in [-0.39, 0.29) is 13.2 Å². The fourth-order valence-corrected chi connectivity index (χ4v) is 1.33. The van der Waals surface area contributed by atoms with Crippen LogP contribution < -0.4 is 4.74 Å². The summed E-state index contributed by atoms with van der Waals surface area (Å²) in [4.78, 5) is 10.4. The molecule has 4 heteroatoms. The first-order valence-corrected chi connectivity index (χ1v) is 5.34. The van der Waals surface area contributed by atoms with Crippen molar-refractivity contribution < 1.29 is 19.7 Å². The highest BCUT2D eigenvalue weighted by Crippen LogP contribution is 2.13. The Morgan fingerprint density at radius 3 is 2.53 bits per heavy atom. The van der Waals surface area contributed by atoms with Crippen LogP contribution in [0, 0.1) is 0 Å². The molecule has 1 rings (SSSR count). The van der Waals surface area contributed by atoms with Crippen LogP contribution in [0.2, 0.25) is 0 Å². The highest BCUT2D eigenvalue weighted by molar-refractivity contribution is 5.80. The maximum absolute atomic E-state index is 10.4. The second-order valence-electron chi connectivity index (χ2n) is 3.74. The second kappa shape index (κ2) is 6.70. The van der Waals surface area contributed by atoms with Crippen molar-refractivity contribution in [1.82, 2.24) is 0 Å². The number of carbonyl (C=O) groups is 1. The smallest absolute Gasteiger partial charge is 0.328 e. The number of benzene rings is 1. The van der Waals surface area contributed by atoms with E-state index in [2.05, 4.69) is 0 Å². The van der Waals surface area contributed by atoms with Crippen LogP contribution in [0.4, 0.5) is 0 Å². The van der Waals surface area contributed by atoms with Gasteiger partial charge in [0.25, 0.3) is 0 Å². The predicted octanol–water partition coefficient (Wildman–Crippen LogP) is 1.63. The molecule has 0 atom stereocenters. The van der Waals surface area contributed by atoms with E-state index in [4.69, 9.17) is 14.9 Å². The van der Waals surface area contributed by atoms with Gasteiger partial charge in [0.15, 0.2) is 0 Å². The van der Waals surface area contributed by atoms with Crippen LogP contribution in [-0.2, 0) is 11.2 Å². The van der Waals surface area contributed by atoms with Crippen molar-refractivity contribution in [3.63, 3.8) is 0 Å². The minimum absolute atomic E-state index is 0.126. The number of aliphatic carboxylic acids is 1. The zero-order valence-electron chi connectivity index (χ0n) is 9.72. The molecular formula is C13H16O4. The van der Waals surface area contributed by atoms with Gasteiger partial charge in [-0.3, -0.25) is 0 Å². The lowest BCUT2D eigenvalue weighted by atomic mass is 10.1. The van der Waals surface area contributed by atoms with E-state index in [0.29, 0.717) is 17.7 Å². The van der Waals surface area contributed by atoms with Crippen LogP contribution in [0.3, 0.4) is 0 Å². The van der Waals surface area contributed by atoms with Crippen LogP contribution in [0.25, 0.3) is 0 Å². The lowest BCUT2D eigenvalue weighted by Crippen LogP contribution is -2.01. The quantitative estimate of drug-likeness (QED) is 0.737. The van der Waals surface area contributed by atoms with Gasteiger partial charge in [-0.1, -0.05) is 12.1 Å². The van der Waals surface area contributed by atoms with Gasteiger partial charge in [0.1, 0.15) is 12.4 Å². The SMILES string of the molecule is C/C(=C/C(=O)O)COc1ccc(CCO)cc1. The van der Waals surface area contributed by atoms with Gasteiger partial charge in [-0.2, -0.15) is 0 Å². The molecule has 0 aliphatic carbocycles. The summed E-state index contributed by atoms with van der Waals surface area (Å²) >= 11 is 0.